The van der Waals surface area contributed by atoms with Crippen molar-refractivity contribution in [3.63, 3.8) is 0 Å². The number of hydrogen-bond acceptors (Lipinski definition) is 4. The second kappa shape index (κ2) is 12.5. The second-order valence-corrected chi connectivity index (χ2v) is 11.0. The van der Waals surface area contributed by atoms with Crippen molar-refractivity contribution >= 4 is 40.4 Å². The van der Waals surface area contributed by atoms with Gasteiger partial charge in [-0.2, -0.15) is 0 Å². The Labute approximate surface area is 222 Å². The maximum Gasteiger partial charge on any atom is 0.263 e. The fourth-order valence-electron chi connectivity index (χ4n) is 4.65. The summed E-state index contributed by atoms with van der Waals surface area (Å²) in [6, 6.07) is 20.1. The fraction of sp³-hybridized carbons (Fsp3) is 0.379. The van der Waals surface area contributed by atoms with Gasteiger partial charge < -0.3 is 15.5 Å². The van der Waals surface area contributed by atoms with E-state index in [4.69, 9.17) is 11.6 Å². The van der Waals surface area contributed by atoms with E-state index >= 15 is 0 Å². The molecule has 0 bridgehead atoms. The van der Waals surface area contributed by atoms with E-state index in [-0.39, 0.29) is 23.8 Å². The van der Waals surface area contributed by atoms with Gasteiger partial charge >= 0.3 is 0 Å². The normalized spacial score (nSPS) is 15.6. The standard InChI is InChI=1S/C29H34ClN3O2S/c1-20(2)28(34)31-24-10-6-9-23(19-24)21-11-15-33(16-12-21)17-13-26(22-7-4-3-5-8-22)32-29(35)27-25(30)14-18-36-27/h3-10,14,18-21,26H,11-13,15-17H2,1-2H3,(H,31,34)(H,32,35)/t26-/m0/s1. The average Bonchev–Trinajstić information content (AvgIpc) is 3.33. The fourth-order valence-corrected chi connectivity index (χ4v) is 5.69. The van der Waals surface area contributed by atoms with Crippen LogP contribution in [0.1, 0.15) is 65.9 Å². The van der Waals surface area contributed by atoms with Crippen LogP contribution in [0.5, 0.6) is 0 Å². The number of halogens is 1. The van der Waals surface area contributed by atoms with E-state index in [1.54, 1.807) is 6.07 Å². The van der Waals surface area contributed by atoms with Crippen molar-refractivity contribution in [2.45, 2.75) is 45.1 Å². The van der Waals surface area contributed by atoms with Crippen LogP contribution in [0.4, 0.5) is 5.69 Å². The molecule has 7 heteroatoms. The lowest BCUT2D eigenvalue weighted by atomic mass is 9.89. The van der Waals surface area contributed by atoms with Gasteiger partial charge in [-0.15, -0.1) is 11.3 Å². The first-order valence-electron chi connectivity index (χ1n) is 12.6. The Kier molecular flexibility index (Phi) is 9.19. The molecule has 1 atom stereocenters. The molecule has 0 spiro atoms. The van der Waals surface area contributed by atoms with E-state index in [0.29, 0.717) is 15.8 Å². The molecule has 1 saturated heterocycles. The summed E-state index contributed by atoms with van der Waals surface area (Å²) in [5.74, 6) is 0.377. The third-order valence-corrected chi connectivity index (χ3v) is 8.14. The molecule has 3 aromatic rings. The average molecular weight is 524 g/mol. The van der Waals surface area contributed by atoms with Gasteiger partial charge in [-0.1, -0.05) is 67.9 Å². The highest BCUT2D eigenvalue weighted by Crippen LogP contribution is 2.30. The highest BCUT2D eigenvalue weighted by Gasteiger charge is 2.23. The molecule has 5 nitrogen and oxygen atoms in total. The molecular formula is C29H34ClN3O2S. The number of thiophene rings is 1. The predicted molar refractivity (Wildman–Crippen MR) is 149 cm³/mol. The summed E-state index contributed by atoms with van der Waals surface area (Å²) in [6.45, 7) is 6.74. The zero-order valence-corrected chi connectivity index (χ0v) is 22.4. The summed E-state index contributed by atoms with van der Waals surface area (Å²) in [4.78, 5) is 28.0. The van der Waals surface area contributed by atoms with Crippen LogP contribution in [0.3, 0.4) is 0 Å². The number of hydrogen-bond donors (Lipinski definition) is 2. The highest BCUT2D eigenvalue weighted by atomic mass is 35.5. The summed E-state index contributed by atoms with van der Waals surface area (Å²) in [7, 11) is 0. The van der Waals surface area contributed by atoms with Crippen LogP contribution < -0.4 is 10.6 Å². The minimum atomic E-state index is -0.119. The molecule has 1 aliphatic heterocycles. The van der Waals surface area contributed by atoms with Crippen molar-refractivity contribution < 1.29 is 9.59 Å². The topological polar surface area (TPSA) is 61.4 Å². The Morgan fingerprint density at radius 3 is 2.47 bits per heavy atom. The first-order chi connectivity index (χ1) is 17.4. The maximum absolute atomic E-state index is 12.9. The second-order valence-electron chi connectivity index (χ2n) is 9.71. The molecule has 1 fully saturated rings. The minimum absolute atomic E-state index is 0.0383. The third kappa shape index (κ3) is 6.96. The van der Waals surface area contributed by atoms with Gasteiger partial charge in [0.15, 0.2) is 0 Å². The highest BCUT2D eigenvalue weighted by molar-refractivity contribution is 7.12. The van der Waals surface area contributed by atoms with Crippen molar-refractivity contribution in [1.82, 2.24) is 10.2 Å². The van der Waals surface area contributed by atoms with E-state index in [1.807, 2.05) is 49.6 Å². The molecule has 2 amide bonds. The number of anilines is 1. The van der Waals surface area contributed by atoms with Gasteiger partial charge in [0.05, 0.1) is 11.1 Å². The van der Waals surface area contributed by atoms with Crippen LogP contribution in [0.15, 0.2) is 66.0 Å². The quantitative estimate of drug-likeness (QED) is 0.326. The molecule has 2 N–H and O–H groups in total. The van der Waals surface area contributed by atoms with E-state index in [2.05, 4.69) is 39.8 Å². The summed E-state index contributed by atoms with van der Waals surface area (Å²) < 4.78 is 0. The van der Waals surface area contributed by atoms with Gasteiger partial charge in [0.1, 0.15) is 4.88 Å². The van der Waals surface area contributed by atoms with Crippen molar-refractivity contribution in [2.24, 2.45) is 5.92 Å². The molecular weight excluding hydrogens is 490 g/mol. The smallest absolute Gasteiger partial charge is 0.263 e. The molecule has 0 unspecified atom stereocenters. The number of piperidine rings is 1. The molecule has 190 valence electrons. The summed E-state index contributed by atoms with van der Waals surface area (Å²) >= 11 is 7.56. The molecule has 0 radical (unpaired) electrons. The number of amides is 2. The molecule has 0 aliphatic carbocycles. The van der Waals surface area contributed by atoms with Gasteiger partial charge in [-0.05, 0) is 73.0 Å². The molecule has 36 heavy (non-hydrogen) atoms. The number of nitrogens with zero attached hydrogens (tertiary/aromatic N) is 1. The Morgan fingerprint density at radius 2 is 1.81 bits per heavy atom. The zero-order valence-electron chi connectivity index (χ0n) is 20.9. The molecule has 1 aromatic heterocycles. The molecule has 2 aromatic carbocycles. The number of likely N-dealkylation sites (tertiary alicyclic amines) is 1. The lowest BCUT2D eigenvalue weighted by molar-refractivity contribution is -0.118. The van der Waals surface area contributed by atoms with Gasteiger partial charge in [0.2, 0.25) is 5.91 Å². The lowest BCUT2D eigenvalue weighted by Gasteiger charge is -2.33. The first-order valence-corrected chi connectivity index (χ1v) is 13.9. The minimum Gasteiger partial charge on any atom is -0.344 e. The Morgan fingerprint density at radius 1 is 1.06 bits per heavy atom. The van der Waals surface area contributed by atoms with Crippen LogP contribution in [-0.2, 0) is 4.79 Å². The van der Waals surface area contributed by atoms with E-state index in [0.717, 1.165) is 50.1 Å². The number of carbonyl (C=O) groups is 2. The predicted octanol–water partition coefficient (Wildman–Crippen LogP) is 6.74. The van der Waals surface area contributed by atoms with Crippen LogP contribution in [0.25, 0.3) is 0 Å². The third-order valence-electron chi connectivity index (χ3n) is 6.80. The van der Waals surface area contributed by atoms with E-state index in [1.165, 1.54) is 16.9 Å². The summed E-state index contributed by atoms with van der Waals surface area (Å²) in [5, 5.41) is 8.56. The molecule has 1 aliphatic rings. The number of benzene rings is 2. The molecule has 0 saturated carbocycles. The lowest BCUT2D eigenvalue weighted by Crippen LogP contribution is -2.36. The Bertz CT molecular complexity index is 1160. The van der Waals surface area contributed by atoms with Crippen molar-refractivity contribution in [3.05, 3.63) is 87.1 Å². The van der Waals surface area contributed by atoms with E-state index < -0.39 is 0 Å². The first kappa shape index (κ1) is 26.4. The largest absolute Gasteiger partial charge is 0.344 e. The van der Waals surface area contributed by atoms with Crippen LogP contribution >= 0.6 is 22.9 Å². The Hall–Kier alpha value is -2.67. The van der Waals surface area contributed by atoms with Crippen LogP contribution in [-0.4, -0.2) is 36.3 Å². The van der Waals surface area contributed by atoms with Crippen molar-refractivity contribution in [2.75, 3.05) is 25.0 Å². The summed E-state index contributed by atoms with van der Waals surface area (Å²) in [6.07, 6.45) is 2.99. The zero-order chi connectivity index (χ0) is 25.5. The summed E-state index contributed by atoms with van der Waals surface area (Å²) in [5.41, 5.74) is 3.27. The van der Waals surface area contributed by atoms with E-state index in [9.17, 15) is 9.59 Å². The van der Waals surface area contributed by atoms with Gasteiger partial charge in [0, 0.05) is 18.2 Å². The SMILES string of the molecule is CC(C)C(=O)Nc1cccc(C2CCN(CC[C@H](NC(=O)c3sccc3Cl)c3ccccc3)CC2)c1. The Balaban J connectivity index is 1.33. The van der Waals surface area contributed by atoms with Gasteiger partial charge in [-0.25, -0.2) is 0 Å². The maximum atomic E-state index is 12.9. The molecule has 4 rings (SSSR count). The number of rotatable bonds is 9. The van der Waals surface area contributed by atoms with Gasteiger partial charge in [-0.3, -0.25) is 9.59 Å². The van der Waals surface area contributed by atoms with Gasteiger partial charge in [0.25, 0.3) is 5.91 Å². The van der Waals surface area contributed by atoms with Crippen LogP contribution in [0.2, 0.25) is 5.02 Å². The number of nitrogens with one attached hydrogen (secondary N) is 2. The van der Waals surface area contributed by atoms with Crippen molar-refractivity contribution in [3.8, 4) is 0 Å². The molecule has 2 heterocycles. The van der Waals surface area contributed by atoms with Crippen LogP contribution in [0, 0.1) is 5.92 Å². The van der Waals surface area contributed by atoms with Crippen molar-refractivity contribution in [1.29, 1.82) is 0 Å². The monoisotopic (exact) mass is 523 g/mol. The number of carbonyl (C=O) groups excluding carboxylic acids is 2.